The second-order valence-electron chi connectivity index (χ2n) is 18.4. The van der Waals surface area contributed by atoms with E-state index in [1.54, 1.807) is 11.1 Å². The summed E-state index contributed by atoms with van der Waals surface area (Å²) in [4.78, 5) is 0. The maximum absolute atomic E-state index is 2.83. The van der Waals surface area contributed by atoms with Crippen molar-refractivity contribution < 1.29 is 0 Å². The van der Waals surface area contributed by atoms with Gasteiger partial charge < -0.3 is 0 Å². The lowest BCUT2D eigenvalue weighted by atomic mass is 9.24. The third-order valence-corrected chi connectivity index (χ3v) is 20.6. The standard InChI is InChI=1S/C35H60/c1-21-22(2)28(13)29(14,23(21,3)4)33(18)27(11,12)32(28,17)34(19)30(15)24(5,6)25(7,8)31(16,26(30,9)10)35(33,34)20/h1-20H3. The summed E-state index contributed by atoms with van der Waals surface area (Å²) < 4.78 is 0. The molecular formula is C35H60. The lowest BCUT2D eigenvalue weighted by molar-refractivity contribution is -0.323. The maximum atomic E-state index is 2.83. The summed E-state index contributed by atoms with van der Waals surface area (Å²) in [6, 6.07) is 0. The van der Waals surface area contributed by atoms with Gasteiger partial charge in [-0.3, -0.25) is 0 Å². The van der Waals surface area contributed by atoms with E-state index in [0.717, 1.165) is 0 Å². The Bertz CT molecular complexity index is 1120. The number of rotatable bonds is 0. The molecule has 0 aromatic rings. The van der Waals surface area contributed by atoms with E-state index in [4.69, 9.17) is 0 Å². The maximum Gasteiger partial charge on any atom is 0.00159 e. The molecule has 4 fully saturated rings. The monoisotopic (exact) mass is 480 g/mol. The first kappa shape index (κ1) is 26.4. The molecule has 0 spiro atoms. The summed E-state index contributed by atoms with van der Waals surface area (Å²) in [6.45, 7) is 54.0. The summed E-state index contributed by atoms with van der Waals surface area (Å²) in [7, 11) is 0. The van der Waals surface area contributed by atoms with Crippen LogP contribution in [-0.2, 0) is 0 Å². The van der Waals surface area contributed by atoms with E-state index in [9.17, 15) is 0 Å². The van der Waals surface area contributed by atoms with Crippen molar-refractivity contribution in [2.24, 2.45) is 70.4 Å². The highest BCUT2D eigenvalue weighted by Gasteiger charge is 3.07. The highest BCUT2D eigenvalue weighted by molar-refractivity contribution is 5.58. The van der Waals surface area contributed by atoms with Crippen molar-refractivity contribution in [1.29, 1.82) is 0 Å². The average Bonchev–Trinajstić information content (AvgIpc) is 3.01. The minimum absolute atomic E-state index is 0.139. The van der Waals surface area contributed by atoms with Crippen LogP contribution in [0.4, 0.5) is 0 Å². The summed E-state index contributed by atoms with van der Waals surface area (Å²) in [6.07, 6.45) is 0. The van der Waals surface area contributed by atoms with Crippen LogP contribution in [0.2, 0.25) is 0 Å². The van der Waals surface area contributed by atoms with Crippen LogP contribution in [0.15, 0.2) is 11.1 Å². The quantitative estimate of drug-likeness (QED) is 0.239. The predicted octanol–water partition coefficient (Wildman–Crippen LogP) is 10.6. The van der Waals surface area contributed by atoms with Crippen molar-refractivity contribution in [3.8, 4) is 0 Å². The van der Waals surface area contributed by atoms with Gasteiger partial charge in [0.25, 0.3) is 0 Å². The largest absolute Gasteiger partial charge is 0.0676 e. The average molecular weight is 481 g/mol. The molecule has 0 amide bonds. The fourth-order valence-electron chi connectivity index (χ4n) is 17.0. The molecule has 5 aliphatic rings. The Morgan fingerprint density at radius 1 is 0.286 bits per heavy atom. The molecule has 5 rings (SSSR count). The van der Waals surface area contributed by atoms with Gasteiger partial charge in [-0.1, -0.05) is 136 Å². The highest BCUT2D eigenvalue weighted by atomic mass is 15.1. The van der Waals surface area contributed by atoms with Gasteiger partial charge in [0.15, 0.2) is 0 Å². The van der Waals surface area contributed by atoms with Crippen molar-refractivity contribution in [3.05, 3.63) is 11.1 Å². The Hall–Kier alpha value is -0.260. The second-order valence-corrected chi connectivity index (χ2v) is 18.4. The van der Waals surface area contributed by atoms with Gasteiger partial charge in [0.2, 0.25) is 0 Å². The van der Waals surface area contributed by atoms with E-state index < -0.39 is 0 Å². The number of fused-ring (bicyclic) bond motifs is 12. The zero-order chi connectivity index (χ0) is 27.7. The van der Waals surface area contributed by atoms with E-state index in [-0.39, 0.29) is 70.4 Å². The fraction of sp³-hybridized carbons (Fsp3) is 0.943. The minimum Gasteiger partial charge on any atom is -0.0676 e. The predicted molar refractivity (Wildman–Crippen MR) is 152 cm³/mol. The summed E-state index contributed by atoms with van der Waals surface area (Å²) in [5.74, 6) is 0. The molecule has 5 aliphatic carbocycles. The van der Waals surface area contributed by atoms with Gasteiger partial charge in [0.05, 0.1) is 0 Å². The Morgan fingerprint density at radius 3 is 0.971 bits per heavy atom. The Kier molecular flexibility index (Phi) is 3.88. The lowest BCUT2D eigenvalue weighted by Gasteiger charge is -2.79. The SMILES string of the molecule is CC1=C(C)C2(C)C(C)(C1(C)C)C1(C)C(C)(C)C2(C)C2(C)C3(C)C(C)(C)C(C)(C)C(C)(C3(C)C)C12C. The van der Waals surface area contributed by atoms with Gasteiger partial charge >= 0.3 is 0 Å². The molecule has 4 saturated carbocycles. The number of hydrogen-bond acceptors (Lipinski definition) is 0. The fourth-order valence-corrected chi connectivity index (χ4v) is 17.0. The molecule has 0 aromatic heterocycles. The molecule has 0 nitrogen and oxygen atoms in total. The molecular weight excluding hydrogens is 420 g/mol. The first-order chi connectivity index (χ1) is 15.1. The van der Waals surface area contributed by atoms with Gasteiger partial charge in [-0.25, -0.2) is 0 Å². The van der Waals surface area contributed by atoms with Crippen LogP contribution in [0.25, 0.3) is 0 Å². The van der Waals surface area contributed by atoms with Crippen molar-refractivity contribution in [1.82, 2.24) is 0 Å². The van der Waals surface area contributed by atoms with E-state index in [1.807, 2.05) is 0 Å². The van der Waals surface area contributed by atoms with Crippen molar-refractivity contribution >= 4 is 0 Å². The van der Waals surface area contributed by atoms with Gasteiger partial charge in [-0.05, 0) is 78.8 Å². The molecule has 0 heterocycles. The minimum atomic E-state index is 0.139. The molecule has 0 heteroatoms. The second kappa shape index (κ2) is 5.16. The molecule has 0 saturated heterocycles. The first-order valence-corrected chi connectivity index (χ1v) is 14.8. The van der Waals surface area contributed by atoms with Crippen LogP contribution in [0, 0.1) is 70.4 Å². The van der Waals surface area contributed by atoms with Crippen molar-refractivity contribution in [2.75, 3.05) is 0 Å². The third kappa shape index (κ3) is 1.33. The van der Waals surface area contributed by atoms with Gasteiger partial charge in [0.1, 0.15) is 0 Å². The third-order valence-electron chi connectivity index (χ3n) is 20.6. The summed E-state index contributed by atoms with van der Waals surface area (Å²) in [5.41, 5.74) is 5.60. The van der Waals surface area contributed by atoms with Crippen LogP contribution in [-0.4, -0.2) is 0 Å². The van der Waals surface area contributed by atoms with Crippen LogP contribution in [0.3, 0.4) is 0 Å². The first-order valence-electron chi connectivity index (χ1n) is 14.8. The molecule has 4 bridgehead atoms. The van der Waals surface area contributed by atoms with E-state index in [2.05, 4.69) is 138 Å². The van der Waals surface area contributed by atoms with Crippen molar-refractivity contribution in [3.63, 3.8) is 0 Å². The molecule has 200 valence electrons. The summed E-state index contributed by atoms with van der Waals surface area (Å²) >= 11 is 0. The Balaban J connectivity index is 2.13. The van der Waals surface area contributed by atoms with E-state index in [0.29, 0.717) is 0 Å². The van der Waals surface area contributed by atoms with Gasteiger partial charge in [-0.2, -0.15) is 0 Å². The molecule has 35 heavy (non-hydrogen) atoms. The van der Waals surface area contributed by atoms with Crippen LogP contribution < -0.4 is 0 Å². The van der Waals surface area contributed by atoms with Gasteiger partial charge in [-0.15, -0.1) is 0 Å². The Labute approximate surface area is 219 Å². The van der Waals surface area contributed by atoms with Crippen LogP contribution in [0.1, 0.15) is 138 Å². The molecule has 8 unspecified atom stereocenters. The van der Waals surface area contributed by atoms with Crippen LogP contribution in [0.5, 0.6) is 0 Å². The van der Waals surface area contributed by atoms with Gasteiger partial charge in [0, 0.05) is 5.41 Å². The molecule has 0 radical (unpaired) electrons. The van der Waals surface area contributed by atoms with E-state index in [1.165, 1.54) is 0 Å². The molecule has 0 N–H and O–H groups in total. The normalized spacial score (nSPS) is 61.4. The number of allylic oxidation sites excluding steroid dienone is 2. The summed E-state index contributed by atoms with van der Waals surface area (Å²) in [5, 5.41) is 0. The lowest BCUT2D eigenvalue weighted by Crippen LogP contribution is -2.75. The smallest absolute Gasteiger partial charge is 0.00159 e. The van der Waals surface area contributed by atoms with Crippen LogP contribution >= 0.6 is 0 Å². The topological polar surface area (TPSA) is 0 Å². The Morgan fingerprint density at radius 2 is 0.600 bits per heavy atom. The highest BCUT2D eigenvalue weighted by Crippen LogP contribution is 3.11. The zero-order valence-electron chi connectivity index (χ0n) is 27.5. The molecule has 0 aliphatic heterocycles. The van der Waals surface area contributed by atoms with E-state index >= 15 is 0 Å². The zero-order valence-corrected chi connectivity index (χ0v) is 27.5. The van der Waals surface area contributed by atoms with Crippen molar-refractivity contribution in [2.45, 2.75) is 138 Å². The number of hydrogen-bond donors (Lipinski definition) is 0. The molecule has 0 aromatic carbocycles. The molecule has 8 atom stereocenters.